The molecule has 0 radical (unpaired) electrons. The molecule has 3 rings (SSSR count). The largest absolute Gasteiger partial charge is 0.495 e. The normalized spacial score (nSPS) is 17.6. The molecule has 2 atom stereocenters. The number of aromatic nitrogens is 2. The molecule has 1 aliphatic rings. The van der Waals surface area contributed by atoms with Crippen molar-refractivity contribution in [3.8, 4) is 5.75 Å². The van der Waals surface area contributed by atoms with Gasteiger partial charge in [0.1, 0.15) is 5.75 Å². The molecular weight excluding hydrogens is 608 g/mol. The molecule has 13 heteroatoms. The zero-order chi connectivity index (χ0) is 28.0. The molecular formula is C26H40BrClN6O4S. The van der Waals surface area contributed by atoms with Crippen molar-refractivity contribution in [3.63, 3.8) is 0 Å². The molecule has 0 bridgehead atoms. The van der Waals surface area contributed by atoms with Crippen molar-refractivity contribution in [2.45, 2.75) is 45.6 Å². The van der Waals surface area contributed by atoms with E-state index in [-0.39, 0.29) is 30.3 Å². The van der Waals surface area contributed by atoms with Gasteiger partial charge in [0, 0.05) is 32.4 Å². The molecule has 0 saturated heterocycles. The zero-order valence-electron chi connectivity index (χ0n) is 22.4. The molecule has 1 heterocycles. The predicted molar refractivity (Wildman–Crippen MR) is 161 cm³/mol. The van der Waals surface area contributed by atoms with Crippen molar-refractivity contribution < 1.29 is 17.9 Å². The van der Waals surface area contributed by atoms with Crippen LogP contribution in [0.4, 0.5) is 11.6 Å². The van der Waals surface area contributed by atoms with Crippen molar-refractivity contribution in [1.29, 1.82) is 0 Å². The number of hydrogen-bond donors (Lipinski definition) is 2. The van der Waals surface area contributed by atoms with E-state index in [1.807, 2.05) is 19.0 Å². The fourth-order valence-electron chi connectivity index (χ4n) is 4.61. The fourth-order valence-corrected chi connectivity index (χ4v) is 5.98. The van der Waals surface area contributed by atoms with E-state index in [0.717, 1.165) is 35.8 Å². The quantitative estimate of drug-likeness (QED) is 0.365. The van der Waals surface area contributed by atoms with Crippen LogP contribution in [0.5, 0.6) is 5.75 Å². The maximum atomic E-state index is 12.6. The van der Waals surface area contributed by atoms with E-state index < -0.39 is 10.0 Å². The number of halogens is 2. The Labute approximate surface area is 246 Å². The molecule has 1 fully saturated rings. The van der Waals surface area contributed by atoms with E-state index in [2.05, 4.69) is 31.5 Å². The lowest BCUT2D eigenvalue weighted by molar-refractivity contribution is 0.0951. The second-order valence-corrected chi connectivity index (χ2v) is 13.1. The number of hydrogen-bond acceptors (Lipinski definition) is 8. The summed E-state index contributed by atoms with van der Waals surface area (Å²) in [5.74, 6) is 0.605. The second-order valence-electron chi connectivity index (χ2n) is 9.80. The van der Waals surface area contributed by atoms with Gasteiger partial charge >= 0.3 is 0 Å². The van der Waals surface area contributed by atoms with Gasteiger partial charge in [-0.2, -0.15) is 0 Å². The predicted octanol–water partition coefficient (Wildman–Crippen LogP) is 4.56. The van der Waals surface area contributed by atoms with E-state index >= 15 is 0 Å². The summed E-state index contributed by atoms with van der Waals surface area (Å²) in [6.07, 6.45) is 7.33. The van der Waals surface area contributed by atoms with Crippen LogP contribution >= 0.6 is 27.5 Å². The molecule has 0 aliphatic heterocycles. The van der Waals surface area contributed by atoms with Gasteiger partial charge in [-0.3, -0.25) is 4.79 Å². The van der Waals surface area contributed by atoms with Gasteiger partial charge in [-0.05, 0) is 67.3 Å². The van der Waals surface area contributed by atoms with Crippen LogP contribution < -0.4 is 15.4 Å². The third-order valence-corrected chi connectivity index (χ3v) is 9.05. The minimum atomic E-state index is -3.30. The number of rotatable bonds is 11. The second kappa shape index (κ2) is 14.6. The number of likely N-dealkylation sites (N-methyl/N-ethyl adjacent to an activating group) is 1. The number of carbonyl (C=O) groups excluding carboxylic acids is 1. The lowest BCUT2D eigenvalue weighted by Gasteiger charge is -2.36. The summed E-state index contributed by atoms with van der Waals surface area (Å²) in [5, 5.41) is 6.27. The molecule has 10 nitrogen and oxygen atoms in total. The Hall–Kier alpha value is -1.99. The Bertz CT molecular complexity index is 1250. The first-order valence-electron chi connectivity index (χ1n) is 12.4. The van der Waals surface area contributed by atoms with Crippen LogP contribution in [0.15, 0.2) is 22.8 Å². The van der Waals surface area contributed by atoms with Gasteiger partial charge < -0.3 is 20.3 Å². The highest BCUT2D eigenvalue weighted by molar-refractivity contribution is 9.10. The van der Waals surface area contributed by atoms with Crippen LogP contribution in [0.2, 0.25) is 5.02 Å². The average Bonchev–Trinajstić information content (AvgIpc) is 2.85. The summed E-state index contributed by atoms with van der Waals surface area (Å²) in [5.41, 5.74) is 1.61. The van der Waals surface area contributed by atoms with Gasteiger partial charge in [-0.25, -0.2) is 22.7 Å². The van der Waals surface area contributed by atoms with Crippen molar-refractivity contribution in [2.75, 3.05) is 52.9 Å². The Balaban J connectivity index is 0.00000533. The van der Waals surface area contributed by atoms with Gasteiger partial charge in [0.2, 0.25) is 16.0 Å². The minimum absolute atomic E-state index is 0. The SMILES string of the molecule is C.COc1cc(C(=O)NCCN(C)C)c(Cl)cc1Nc1ncc(Br)c(C[C@@H]2CCCC[C@H]2N(C)S(C)(=O)=O)n1. The molecule has 1 aromatic heterocycles. The summed E-state index contributed by atoms with van der Waals surface area (Å²) in [7, 11) is 3.73. The van der Waals surface area contributed by atoms with Gasteiger partial charge in [0.25, 0.3) is 5.91 Å². The van der Waals surface area contributed by atoms with Crippen molar-refractivity contribution in [3.05, 3.63) is 39.1 Å². The number of anilines is 2. The maximum absolute atomic E-state index is 12.6. The highest BCUT2D eigenvalue weighted by Crippen LogP contribution is 2.35. The van der Waals surface area contributed by atoms with E-state index in [1.54, 1.807) is 25.4 Å². The van der Waals surface area contributed by atoms with Crippen LogP contribution in [0.1, 0.15) is 49.2 Å². The molecule has 39 heavy (non-hydrogen) atoms. The molecule has 218 valence electrons. The first-order chi connectivity index (χ1) is 17.9. The Morgan fingerprint density at radius 1 is 1.23 bits per heavy atom. The summed E-state index contributed by atoms with van der Waals surface area (Å²) < 4.78 is 32.2. The van der Waals surface area contributed by atoms with Crippen LogP contribution in [0.25, 0.3) is 0 Å². The number of benzene rings is 1. The first kappa shape index (κ1) is 33.2. The van der Waals surface area contributed by atoms with Crippen LogP contribution in [0.3, 0.4) is 0 Å². The standard InChI is InChI=1S/C25H36BrClN6O4S.CH4/c1-32(2)11-10-28-24(34)17-13-23(37-4)21(14-19(17)27)31-25-29-15-18(26)20(30-25)12-16-8-6-7-9-22(16)33(3)38(5,35)36;/h13-16,22H,6-12H2,1-5H3,(H,28,34)(H,29,30,31);1H4/t16-,22+;/m0./s1. The van der Waals surface area contributed by atoms with E-state index in [9.17, 15) is 13.2 Å². The van der Waals surface area contributed by atoms with Crippen molar-refractivity contribution in [1.82, 2.24) is 24.5 Å². The molecule has 0 spiro atoms. The highest BCUT2D eigenvalue weighted by Gasteiger charge is 2.33. The highest BCUT2D eigenvalue weighted by atomic mass is 79.9. The zero-order valence-corrected chi connectivity index (χ0v) is 25.6. The summed E-state index contributed by atoms with van der Waals surface area (Å²) in [4.78, 5) is 23.7. The molecule has 1 amide bonds. The van der Waals surface area contributed by atoms with E-state index in [1.165, 1.54) is 17.7 Å². The molecule has 1 aliphatic carbocycles. The molecule has 1 aromatic carbocycles. The van der Waals surface area contributed by atoms with Crippen molar-refractivity contribution in [2.24, 2.45) is 5.92 Å². The molecule has 1 saturated carbocycles. The Morgan fingerprint density at radius 2 is 1.92 bits per heavy atom. The van der Waals surface area contributed by atoms with Gasteiger partial charge in [-0.15, -0.1) is 0 Å². The average molecular weight is 648 g/mol. The summed E-state index contributed by atoms with van der Waals surface area (Å²) in [6.45, 7) is 1.19. The molecule has 2 aromatic rings. The summed E-state index contributed by atoms with van der Waals surface area (Å²) in [6, 6.07) is 3.13. The number of methoxy groups -OCH3 is 1. The maximum Gasteiger partial charge on any atom is 0.252 e. The first-order valence-corrected chi connectivity index (χ1v) is 15.4. The van der Waals surface area contributed by atoms with Crippen LogP contribution in [-0.4, -0.2) is 87.1 Å². The lowest BCUT2D eigenvalue weighted by atomic mass is 9.81. The smallest absolute Gasteiger partial charge is 0.252 e. The minimum Gasteiger partial charge on any atom is -0.495 e. The van der Waals surface area contributed by atoms with E-state index in [4.69, 9.17) is 21.3 Å². The third-order valence-electron chi connectivity index (χ3n) is 6.76. The van der Waals surface area contributed by atoms with Gasteiger partial charge in [-0.1, -0.05) is 31.9 Å². The Kier molecular flexibility index (Phi) is 12.4. The monoisotopic (exact) mass is 646 g/mol. The molecule has 2 N–H and O–H groups in total. The lowest BCUT2D eigenvalue weighted by Crippen LogP contribution is -2.43. The number of carbonyl (C=O) groups is 1. The number of amides is 1. The topological polar surface area (TPSA) is 117 Å². The van der Waals surface area contributed by atoms with Crippen molar-refractivity contribution >= 4 is 55.1 Å². The van der Waals surface area contributed by atoms with Crippen LogP contribution in [0, 0.1) is 5.92 Å². The Morgan fingerprint density at radius 3 is 2.56 bits per heavy atom. The number of nitrogens with one attached hydrogen (secondary N) is 2. The third kappa shape index (κ3) is 9.01. The van der Waals surface area contributed by atoms with Gasteiger partial charge in [0.05, 0.1) is 39.8 Å². The van der Waals surface area contributed by atoms with E-state index in [0.29, 0.717) is 42.5 Å². The number of sulfonamides is 1. The molecule has 0 unspecified atom stereocenters. The summed E-state index contributed by atoms with van der Waals surface area (Å²) >= 11 is 10.0. The van der Waals surface area contributed by atoms with Gasteiger partial charge in [0.15, 0.2) is 0 Å². The number of ether oxygens (including phenoxy) is 1. The number of nitrogens with zero attached hydrogens (tertiary/aromatic N) is 4. The fraction of sp³-hybridized carbons (Fsp3) is 0.577. The van der Waals surface area contributed by atoms with Crippen LogP contribution in [-0.2, 0) is 16.4 Å².